The third-order valence-electron chi connectivity index (χ3n) is 3.46. The molecule has 0 unspecified atom stereocenters. The number of nitrogens with two attached hydrogens (primary N) is 1. The number of benzene rings is 1. The van der Waals surface area contributed by atoms with Crippen molar-refractivity contribution < 1.29 is 0 Å². The first-order valence-electron chi connectivity index (χ1n) is 6.72. The minimum atomic E-state index is -0.628. The summed E-state index contributed by atoms with van der Waals surface area (Å²) in [4.78, 5) is 14.3. The van der Waals surface area contributed by atoms with Gasteiger partial charge in [0.1, 0.15) is 29.1 Å². The number of hydrogen-bond acceptors (Lipinski definition) is 5. The van der Waals surface area contributed by atoms with Crippen LogP contribution in [0.2, 0.25) is 0 Å². The van der Waals surface area contributed by atoms with Crippen molar-refractivity contribution in [3.63, 3.8) is 0 Å². The largest absolute Gasteiger partial charge is 0.384 e. The molecule has 24 heavy (non-hydrogen) atoms. The van der Waals surface area contributed by atoms with Crippen LogP contribution in [0.25, 0.3) is 16.8 Å². The van der Waals surface area contributed by atoms with E-state index in [0.29, 0.717) is 10.0 Å². The molecule has 2 aromatic heterocycles. The van der Waals surface area contributed by atoms with E-state index in [9.17, 15) is 15.3 Å². The molecule has 0 fully saturated rings. The number of H-pyrrole nitrogens is 1. The summed E-state index contributed by atoms with van der Waals surface area (Å²) in [6.45, 7) is 0. The molecule has 0 radical (unpaired) electrons. The zero-order valence-electron chi connectivity index (χ0n) is 12.1. The molecule has 3 N–H and O–H groups in total. The highest BCUT2D eigenvalue weighted by molar-refractivity contribution is 9.10. The molecule has 1 aromatic carbocycles. The summed E-state index contributed by atoms with van der Waals surface area (Å²) < 4.78 is 2.35. The Balaban J connectivity index is 2.28. The maximum Gasteiger partial charge on any atom is 0.268 e. The van der Waals surface area contributed by atoms with E-state index < -0.39 is 5.56 Å². The van der Waals surface area contributed by atoms with Gasteiger partial charge in [-0.1, -0.05) is 6.07 Å². The number of nitriles is 2. The van der Waals surface area contributed by atoms with E-state index in [4.69, 9.17) is 5.73 Å². The Morgan fingerprint density at radius 2 is 2.00 bits per heavy atom. The molecule has 0 spiro atoms. The van der Waals surface area contributed by atoms with Gasteiger partial charge in [-0.2, -0.15) is 15.6 Å². The molecule has 3 aromatic rings. The lowest BCUT2D eigenvalue weighted by Gasteiger charge is -2.11. The van der Waals surface area contributed by atoms with Gasteiger partial charge in [0.25, 0.3) is 5.56 Å². The number of nitrogen functional groups attached to an aromatic ring is 1. The van der Waals surface area contributed by atoms with Crippen LogP contribution >= 0.6 is 15.9 Å². The first-order chi connectivity index (χ1) is 11.6. The van der Waals surface area contributed by atoms with Gasteiger partial charge in [-0.15, -0.1) is 0 Å². The van der Waals surface area contributed by atoms with Crippen LogP contribution in [0.5, 0.6) is 0 Å². The van der Waals surface area contributed by atoms with Crippen molar-refractivity contribution in [1.82, 2.24) is 14.8 Å². The van der Waals surface area contributed by atoms with E-state index in [2.05, 4.69) is 26.0 Å². The van der Waals surface area contributed by atoms with Crippen LogP contribution in [-0.4, -0.2) is 14.8 Å². The van der Waals surface area contributed by atoms with Crippen molar-refractivity contribution in [3.05, 3.63) is 62.6 Å². The fraction of sp³-hybridized carbons (Fsp3) is 0. The van der Waals surface area contributed by atoms with Crippen molar-refractivity contribution in [2.24, 2.45) is 0 Å². The van der Waals surface area contributed by atoms with Gasteiger partial charge in [0.2, 0.25) is 0 Å². The monoisotopic (exact) mass is 380 g/mol. The van der Waals surface area contributed by atoms with Gasteiger partial charge in [0, 0.05) is 22.4 Å². The Morgan fingerprint density at radius 1 is 1.25 bits per heavy atom. The fourth-order valence-electron chi connectivity index (χ4n) is 2.39. The Hall–Kier alpha value is -3.36. The first kappa shape index (κ1) is 15.5. The molecule has 0 bridgehead atoms. The van der Waals surface area contributed by atoms with Crippen molar-refractivity contribution in [2.45, 2.75) is 0 Å². The molecule has 0 saturated heterocycles. The van der Waals surface area contributed by atoms with E-state index in [0.717, 1.165) is 5.69 Å². The number of anilines is 1. The molecule has 8 heteroatoms. The fourth-order valence-corrected chi connectivity index (χ4v) is 2.95. The lowest BCUT2D eigenvalue weighted by atomic mass is 9.96. The third-order valence-corrected chi connectivity index (χ3v) is 4.09. The molecular weight excluding hydrogens is 372 g/mol. The van der Waals surface area contributed by atoms with Gasteiger partial charge < -0.3 is 10.7 Å². The lowest BCUT2D eigenvalue weighted by molar-refractivity contribution is 0.876. The second-order valence-electron chi connectivity index (χ2n) is 4.83. The second kappa shape index (κ2) is 6.03. The lowest BCUT2D eigenvalue weighted by Crippen LogP contribution is -2.16. The Labute approximate surface area is 144 Å². The number of aromatic nitrogens is 3. The standard InChI is InChI=1S/C16H9BrN6O/c17-12-6-9(2-3-13(12)23-5-1-4-21-23)14-10(7-18)15(20)22-16(24)11(14)8-19/h1-6H,(H3,20,22,24). The predicted molar refractivity (Wildman–Crippen MR) is 91.2 cm³/mol. The molecular formula is C16H9BrN6O. The van der Waals surface area contributed by atoms with Gasteiger partial charge in [0.05, 0.1) is 5.69 Å². The molecule has 116 valence electrons. The van der Waals surface area contributed by atoms with Gasteiger partial charge in [-0.25, -0.2) is 4.68 Å². The maximum absolute atomic E-state index is 12.0. The summed E-state index contributed by atoms with van der Waals surface area (Å²) in [5, 5.41) is 22.8. The average Bonchev–Trinajstić information content (AvgIpc) is 3.08. The van der Waals surface area contributed by atoms with E-state index in [1.165, 1.54) is 0 Å². The van der Waals surface area contributed by atoms with Crippen LogP contribution in [0.15, 0.2) is 45.9 Å². The van der Waals surface area contributed by atoms with Gasteiger partial charge in [-0.05, 0) is 39.7 Å². The zero-order valence-corrected chi connectivity index (χ0v) is 13.7. The van der Waals surface area contributed by atoms with E-state index in [-0.39, 0.29) is 22.5 Å². The Kier molecular flexibility index (Phi) is 3.90. The van der Waals surface area contributed by atoms with Gasteiger partial charge >= 0.3 is 0 Å². The number of nitrogens with one attached hydrogen (secondary N) is 1. The molecule has 3 rings (SSSR count). The van der Waals surface area contributed by atoms with Gasteiger partial charge in [0.15, 0.2) is 0 Å². The van der Waals surface area contributed by atoms with Crippen LogP contribution in [0.3, 0.4) is 0 Å². The minimum absolute atomic E-state index is 0.0601. The average molecular weight is 381 g/mol. The molecule has 0 atom stereocenters. The van der Waals surface area contributed by atoms with Crippen molar-refractivity contribution in [1.29, 1.82) is 10.5 Å². The predicted octanol–water partition coefficient (Wildman–Crippen LogP) is 2.32. The Bertz CT molecular complexity index is 1070. The van der Waals surface area contributed by atoms with Crippen molar-refractivity contribution >= 4 is 21.7 Å². The minimum Gasteiger partial charge on any atom is -0.384 e. The number of hydrogen-bond donors (Lipinski definition) is 2. The first-order valence-corrected chi connectivity index (χ1v) is 7.52. The normalized spacial score (nSPS) is 10.1. The molecule has 0 saturated carbocycles. The summed E-state index contributed by atoms with van der Waals surface area (Å²) >= 11 is 3.45. The summed E-state index contributed by atoms with van der Waals surface area (Å²) in [6, 6.07) is 10.8. The smallest absolute Gasteiger partial charge is 0.268 e. The number of rotatable bonds is 2. The molecule has 7 nitrogen and oxygen atoms in total. The number of pyridine rings is 1. The summed E-state index contributed by atoms with van der Waals surface area (Å²) in [5.74, 6) is -0.0659. The second-order valence-corrected chi connectivity index (χ2v) is 5.69. The number of aromatic amines is 1. The van der Waals surface area contributed by atoms with Crippen LogP contribution in [0, 0.1) is 22.7 Å². The van der Waals surface area contributed by atoms with E-state index >= 15 is 0 Å². The molecule has 0 amide bonds. The van der Waals surface area contributed by atoms with Crippen molar-refractivity contribution in [2.75, 3.05) is 5.73 Å². The number of halogens is 1. The highest BCUT2D eigenvalue weighted by atomic mass is 79.9. The molecule has 0 aliphatic heterocycles. The van der Waals surface area contributed by atoms with Gasteiger partial charge in [-0.3, -0.25) is 4.79 Å². The third kappa shape index (κ3) is 2.45. The SMILES string of the molecule is N#Cc1c(N)[nH]c(=O)c(C#N)c1-c1ccc(-n2cccn2)c(Br)c1. The van der Waals surface area contributed by atoms with Crippen LogP contribution in [-0.2, 0) is 0 Å². The molecule has 0 aliphatic rings. The highest BCUT2D eigenvalue weighted by Crippen LogP contribution is 2.32. The molecule has 2 heterocycles. The van der Waals surface area contributed by atoms with E-state index in [1.807, 2.05) is 12.1 Å². The van der Waals surface area contributed by atoms with Crippen LogP contribution < -0.4 is 11.3 Å². The van der Waals surface area contributed by atoms with Crippen molar-refractivity contribution in [3.8, 4) is 29.0 Å². The quantitative estimate of drug-likeness (QED) is 0.705. The van der Waals surface area contributed by atoms with Crippen LogP contribution in [0.1, 0.15) is 11.1 Å². The zero-order chi connectivity index (χ0) is 17.3. The summed E-state index contributed by atoms with van der Waals surface area (Å²) in [7, 11) is 0. The summed E-state index contributed by atoms with van der Waals surface area (Å²) in [5.41, 5.74) is 6.53. The Morgan fingerprint density at radius 3 is 2.58 bits per heavy atom. The van der Waals surface area contributed by atoms with E-state index in [1.54, 1.807) is 41.3 Å². The topological polar surface area (TPSA) is 124 Å². The molecule has 0 aliphatic carbocycles. The highest BCUT2D eigenvalue weighted by Gasteiger charge is 2.19. The summed E-state index contributed by atoms with van der Waals surface area (Å²) in [6.07, 6.45) is 3.44. The van der Waals surface area contributed by atoms with Crippen LogP contribution in [0.4, 0.5) is 5.82 Å². The maximum atomic E-state index is 12.0. The number of nitrogens with zero attached hydrogens (tertiary/aromatic N) is 4.